The Labute approximate surface area is 156 Å². The first-order valence-corrected chi connectivity index (χ1v) is 9.17. The van der Waals surface area contributed by atoms with Crippen molar-refractivity contribution in [1.29, 1.82) is 0 Å². The molecule has 0 unspecified atom stereocenters. The van der Waals surface area contributed by atoms with Crippen LogP contribution in [0.15, 0.2) is 48.5 Å². The van der Waals surface area contributed by atoms with E-state index in [1.807, 2.05) is 48.5 Å². The Morgan fingerprint density at radius 2 is 0.962 bits per heavy atom. The minimum absolute atomic E-state index is 0.715. The lowest BCUT2D eigenvalue weighted by molar-refractivity contribution is 0.111. The summed E-state index contributed by atoms with van der Waals surface area (Å²) in [4.78, 5) is 25.9. The van der Waals surface area contributed by atoms with Crippen molar-refractivity contribution >= 4 is 23.9 Å². The van der Waals surface area contributed by atoms with Crippen LogP contribution in [0.2, 0.25) is 0 Å². The van der Waals surface area contributed by atoms with Gasteiger partial charge in [-0.25, -0.2) is 0 Å². The number of nitrogens with zero attached hydrogens (tertiary/aromatic N) is 2. The number of hydrogen-bond acceptors (Lipinski definition) is 4. The van der Waals surface area contributed by atoms with Gasteiger partial charge in [0.1, 0.15) is 12.6 Å². The molecule has 2 aromatic rings. The van der Waals surface area contributed by atoms with Gasteiger partial charge < -0.3 is 9.80 Å². The summed E-state index contributed by atoms with van der Waals surface area (Å²) >= 11 is 0. The molecule has 26 heavy (non-hydrogen) atoms. The van der Waals surface area contributed by atoms with Crippen molar-refractivity contribution in [2.45, 2.75) is 25.7 Å². The van der Waals surface area contributed by atoms with Crippen molar-refractivity contribution in [1.82, 2.24) is 0 Å². The van der Waals surface area contributed by atoms with Crippen LogP contribution in [0.25, 0.3) is 0 Å². The molecular formula is C22H28N2O2. The third-order valence-corrected chi connectivity index (χ3v) is 4.68. The van der Waals surface area contributed by atoms with E-state index in [1.165, 1.54) is 12.8 Å². The molecule has 0 heterocycles. The zero-order valence-electron chi connectivity index (χ0n) is 15.7. The molecule has 0 aliphatic rings. The Morgan fingerprint density at radius 1 is 0.615 bits per heavy atom. The Hall–Kier alpha value is -2.62. The van der Waals surface area contributed by atoms with E-state index in [-0.39, 0.29) is 0 Å². The van der Waals surface area contributed by atoms with Crippen molar-refractivity contribution in [2.24, 2.45) is 0 Å². The summed E-state index contributed by atoms with van der Waals surface area (Å²) < 4.78 is 0. The second-order valence-corrected chi connectivity index (χ2v) is 6.68. The van der Waals surface area contributed by atoms with Crippen molar-refractivity contribution in [3.8, 4) is 0 Å². The van der Waals surface area contributed by atoms with Crippen molar-refractivity contribution in [2.75, 3.05) is 37.0 Å². The van der Waals surface area contributed by atoms with Crippen LogP contribution < -0.4 is 9.80 Å². The quantitative estimate of drug-likeness (QED) is 0.443. The van der Waals surface area contributed by atoms with Crippen LogP contribution in [0.3, 0.4) is 0 Å². The summed E-state index contributed by atoms with van der Waals surface area (Å²) in [5.74, 6) is 0. The predicted octanol–water partition coefficient (Wildman–Crippen LogP) is 4.44. The number of carbonyl (C=O) groups is 2. The standard InChI is InChI=1S/C22H28N2O2/c1-23(21-11-7-19(17-25)8-12-21)15-5-3-4-6-16-24(2)22-13-9-20(18-26)10-14-22/h7-14,17-18H,3-6,15-16H2,1-2H3. The molecule has 0 N–H and O–H groups in total. The van der Waals surface area contributed by atoms with Gasteiger partial charge in [-0.2, -0.15) is 0 Å². The van der Waals surface area contributed by atoms with Crippen LogP contribution in [0.5, 0.6) is 0 Å². The molecule has 4 heteroatoms. The smallest absolute Gasteiger partial charge is 0.150 e. The lowest BCUT2D eigenvalue weighted by atomic mass is 10.1. The number of benzene rings is 2. The third-order valence-electron chi connectivity index (χ3n) is 4.68. The fourth-order valence-corrected chi connectivity index (χ4v) is 2.92. The first kappa shape index (κ1) is 19.7. The summed E-state index contributed by atoms with van der Waals surface area (Å²) in [5.41, 5.74) is 3.72. The van der Waals surface area contributed by atoms with Gasteiger partial charge in [0.15, 0.2) is 0 Å². The summed E-state index contributed by atoms with van der Waals surface area (Å²) in [6, 6.07) is 15.4. The molecule has 0 saturated carbocycles. The van der Waals surface area contributed by atoms with Crippen LogP contribution in [-0.4, -0.2) is 39.8 Å². The minimum atomic E-state index is 0.715. The highest BCUT2D eigenvalue weighted by Crippen LogP contribution is 2.16. The molecule has 0 fully saturated rings. The van der Waals surface area contributed by atoms with Gasteiger partial charge in [-0.3, -0.25) is 9.59 Å². The van der Waals surface area contributed by atoms with Gasteiger partial charge in [0.05, 0.1) is 0 Å². The lowest BCUT2D eigenvalue weighted by Crippen LogP contribution is -2.19. The van der Waals surface area contributed by atoms with E-state index in [4.69, 9.17) is 0 Å². The molecule has 0 bridgehead atoms. The van der Waals surface area contributed by atoms with Crippen LogP contribution >= 0.6 is 0 Å². The number of anilines is 2. The van der Waals surface area contributed by atoms with Gasteiger partial charge in [-0.1, -0.05) is 12.8 Å². The summed E-state index contributed by atoms with van der Waals surface area (Å²) in [6.45, 7) is 2.03. The Balaban J connectivity index is 1.62. The molecule has 0 aliphatic carbocycles. The average molecular weight is 352 g/mol. The van der Waals surface area contributed by atoms with E-state index in [0.717, 1.165) is 49.9 Å². The van der Waals surface area contributed by atoms with Gasteiger partial charge in [0.25, 0.3) is 0 Å². The topological polar surface area (TPSA) is 40.6 Å². The van der Waals surface area contributed by atoms with Crippen LogP contribution in [0.4, 0.5) is 11.4 Å². The van der Waals surface area contributed by atoms with Crippen LogP contribution in [0, 0.1) is 0 Å². The van der Waals surface area contributed by atoms with E-state index < -0.39 is 0 Å². The van der Waals surface area contributed by atoms with Gasteiger partial charge >= 0.3 is 0 Å². The van der Waals surface area contributed by atoms with Crippen LogP contribution in [-0.2, 0) is 0 Å². The molecule has 0 saturated heterocycles. The zero-order chi connectivity index (χ0) is 18.8. The molecule has 0 atom stereocenters. The minimum Gasteiger partial charge on any atom is -0.375 e. The normalized spacial score (nSPS) is 10.4. The van der Waals surface area contributed by atoms with Gasteiger partial charge in [-0.15, -0.1) is 0 Å². The summed E-state index contributed by atoms with van der Waals surface area (Å²) in [6.07, 6.45) is 6.46. The molecule has 138 valence electrons. The first-order valence-electron chi connectivity index (χ1n) is 9.17. The second kappa shape index (κ2) is 10.4. The highest BCUT2D eigenvalue weighted by molar-refractivity contribution is 5.76. The molecule has 0 aromatic heterocycles. The van der Waals surface area contributed by atoms with E-state index in [0.29, 0.717) is 11.1 Å². The number of unbranched alkanes of at least 4 members (excludes halogenated alkanes) is 3. The SMILES string of the molecule is CN(CCCCCCN(C)c1ccc(C=O)cc1)c1ccc(C=O)cc1. The maximum atomic E-state index is 10.7. The van der Waals surface area contributed by atoms with E-state index in [9.17, 15) is 9.59 Å². The average Bonchev–Trinajstić information content (AvgIpc) is 2.70. The highest BCUT2D eigenvalue weighted by Gasteiger charge is 2.03. The largest absolute Gasteiger partial charge is 0.375 e. The maximum Gasteiger partial charge on any atom is 0.150 e. The van der Waals surface area contributed by atoms with Gasteiger partial charge in [0.2, 0.25) is 0 Å². The first-order chi connectivity index (χ1) is 12.6. The fourth-order valence-electron chi connectivity index (χ4n) is 2.92. The number of rotatable bonds is 11. The molecule has 2 rings (SSSR count). The number of aldehydes is 2. The highest BCUT2D eigenvalue weighted by atomic mass is 16.1. The second-order valence-electron chi connectivity index (χ2n) is 6.68. The number of carbonyl (C=O) groups excluding carboxylic acids is 2. The van der Waals surface area contributed by atoms with Gasteiger partial charge in [0, 0.05) is 49.7 Å². The van der Waals surface area contributed by atoms with E-state index in [1.54, 1.807) is 0 Å². The molecule has 0 amide bonds. The van der Waals surface area contributed by atoms with Crippen molar-refractivity contribution in [3.05, 3.63) is 59.7 Å². The maximum absolute atomic E-state index is 10.7. The molecule has 0 aliphatic heterocycles. The summed E-state index contributed by atoms with van der Waals surface area (Å²) in [5, 5.41) is 0. The predicted molar refractivity (Wildman–Crippen MR) is 109 cm³/mol. The Bertz CT molecular complexity index is 619. The molecule has 0 spiro atoms. The Kier molecular flexibility index (Phi) is 7.87. The third kappa shape index (κ3) is 6.03. The van der Waals surface area contributed by atoms with Crippen LogP contribution in [0.1, 0.15) is 46.4 Å². The van der Waals surface area contributed by atoms with Crippen molar-refractivity contribution < 1.29 is 9.59 Å². The fraction of sp³-hybridized carbons (Fsp3) is 0.364. The van der Waals surface area contributed by atoms with E-state index >= 15 is 0 Å². The zero-order valence-corrected chi connectivity index (χ0v) is 15.7. The monoisotopic (exact) mass is 352 g/mol. The molecular weight excluding hydrogens is 324 g/mol. The van der Waals surface area contributed by atoms with Gasteiger partial charge in [-0.05, 0) is 61.4 Å². The van der Waals surface area contributed by atoms with E-state index in [2.05, 4.69) is 23.9 Å². The van der Waals surface area contributed by atoms with Crippen molar-refractivity contribution in [3.63, 3.8) is 0 Å². The summed E-state index contributed by atoms with van der Waals surface area (Å²) in [7, 11) is 4.18. The Morgan fingerprint density at radius 3 is 1.27 bits per heavy atom. The molecule has 4 nitrogen and oxygen atoms in total. The molecule has 0 radical (unpaired) electrons. The molecule has 2 aromatic carbocycles. The number of hydrogen-bond donors (Lipinski definition) is 0. The lowest BCUT2D eigenvalue weighted by Gasteiger charge is -2.20.